The van der Waals surface area contributed by atoms with Gasteiger partial charge in [-0.05, 0) is 66.2 Å². The molecule has 0 unspecified atom stereocenters. The van der Waals surface area contributed by atoms with Gasteiger partial charge in [-0.15, -0.1) is 0 Å². The quantitative estimate of drug-likeness (QED) is 0.713. The molecule has 0 aromatic heterocycles. The Morgan fingerprint density at radius 3 is 2.40 bits per heavy atom. The molecule has 0 saturated heterocycles. The van der Waals surface area contributed by atoms with Crippen molar-refractivity contribution >= 4 is 33.3 Å². The van der Waals surface area contributed by atoms with Crippen molar-refractivity contribution in [3.63, 3.8) is 0 Å². The highest BCUT2D eigenvalue weighted by molar-refractivity contribution is 9.10. The van der Waals surface area contributed by atoms with E-state index >= 15 is 0 Å². The van der Waals surface area contributed by atoms with Crippen molar-refractivity contribution in [2.45, 2.75) is 20.0 Å². The van der Waals surface area contributed by atoms with Crippen LogP contribution in [-0.2, 0) is 0 Å². The van der Waals surface area contributed by atoms with E-state index in [9.17, 15) is 4.79 Å². The van der Waals surface area contributed by atoms with Crippen LogP contribution in [0.2, 0.25) is 5.02 Å². The van der Waals surface area contributed by atoms with Crippen molar-refractivity contribution in [3.05, 3.63) is 63.1 Å². The first-order chi connectivity index (χ1) is 9.49. The molecule has 0 aliphatic carbocycles. The highest BCUT2D eigenvalue weighted by Gasteiger charge is 2.14. The summed E-state index contributed by atoms with van der Waals surface area (Å²) in [5.74, 6) is 0.643. The normalized spacial score (nSPS) is 10.7. The van der Waals surface area contributed by atoms with E-state index in [0.29, 0.717) is 20.6 Å². The molecule has 0 radical (unpaired) electrons. The van der Waals surface area contributed by atoms with Crippen LogP contribution in [0.25, 0.3) is 0 Å². The maximum Gasteiger partial charge on any atom is 0.194 e. The van der Waals surface area contributed by atoms with E-state index in [4.69, 9.17) is 16.3 Å². The molecule has 0 bridgehead atoms. The van der Waals surface area contributed by atoms with E-state index in [1.54, 1.807) is 42.5 Å². The third-order valence-corrected chi connectivity index (χ3v) is 3.98. The molecule has 0 heterocycles. The number of hydrogen-bond acceptors (Lipinski definition) is 2. The molecular weight excluding hydrogens is 340 g/mol. The largest absolute Gasteiger partial charge is 0.491 e. The second-order valence-electron chi connectivity index (χ2n) is 4.62. The van der Waals surface area contributed by atoms with E-state index in [1.165, 1.54) is 0 Å². The van der Waals surface area contributed by atoms with E-state index in [-0.39, 0.29) is 11.9 Å². The van der Waals surface area contributed by atoms with Gasteiger partial charge >= 0.3 is 0 Å². The van der Waals surface area contributed by atoms with Gasteiger partial charge in [0.05, 0.1) is 11.1 Å². The molecule has 0 aliphatic heterocycles. The fourth-order valence-electron chi connectivity index (χ4n) is 1.79. The zero-order valence-corrected chi connectivity index (χ0v) is 13.5. The minimum atomic E-state index is -0.104. The Balaban J connectivity index is 2.27. The molecule has 2 nitrogen and oxygen atoms in total. The van der Waals surface area contributed by atoms with Gasteiger partial charge in [0.1, 0.15) is 5.75 Å². The zero-order valence-electron chi connectivity index (χ0n) is 11.2. The zero-order chi connectivity index (χ0) is 14.7. The standard InChI is InChI=1S/C16H14BrClO2/c1-10(2)20-12-8-6-11(7-9-12)16(19)13-4-3-5-14(17)15(13)18/h3-10H,1-2H3. The van der Waals surface area contributed by atoms with Crippen molar-refractivity contribution in [1.29, 1.82) is 0 Å². The van der Waals surface area contributed by atoms with Gasteiger partial charge in [-0.25, -0.2) is 0 Å². The van der Waals surface area contributed by atoms with Gasteiger partial charge in [-0.3, -0.25) is 4.79 Å². The smallest absolute Gasteiger partial charge is 0.194 e. The summed E-state index contributed by atoms with van der Waals surface area (Å²) in [5, 5.41) is 0.431. The maximum atomic E-state index is 12.4. The Morgan fingerprint density at radius 2 is 1.80 bits per heavy atom. The average Bonchev–Trinajstić information content (AvgIpc) is 2.41. The Kier molecular flexibility index (Phi) is 4.84. The average molecular weight is 354 g/mol. The lowest BCUT2D eigenvalue weighted by molar-refractivity contribution is 0.103. The fourth-order valence-corrected chi connectivity index (χ4v) is 2.37. The second-order valence-corrected chi connectivity index (χ2v) is 5.85. The first kappa shape index (κ1) is 15.1. The molecule has 0 saturated carbocycles. The molecule has 20 heavy (non-hydrogen) atoms. The fraction of sp³-hybridized carbons (Fsp3) is 0.188. The van der Waals surface area contributed by atoms with Crippen molar-refractivity contribution in [3.8, 4) is 5.75 Å². The van der Waals surface area contributed by atoms with Crippen LogP contribution < -0.4 is 4.74 Å². The monoisotopic (exact) mass is 352 g/mol. The van der Waals surface area contributed by atoms with Gasteiger partial charge < -0.3 is 4.74 Å². The number of rotatable bonds is 4. The van der Waals surface area contributed by atoms with Crippen LogP contribution in [0.1, 0.15) is 29.8 Å². The Bertz CT molecular complexity index is 621. The number of carbonyl (C=O) groups is 1. The predicted molar refractivity (Wildman–Crippen MR) is 84.8 cm³/mol. The van der Waals surface area contributed by atoms with Crippen molar-refractivity contribution < 1.29 is 9.53 Å². The van der Waals surface area contributed by atoms with Crippen LogP contribution in [0, 0.1) is 0 Å². The van der Waals surface area contributed by atoms with Crippen LogP contribution >= 0.6 is 27.5 Å². The topological polar surface area (TPSA) is 26.3 Å². The molecule has 0 aliphatic rings. The van der Waals surface area contributed by atoms with Gasteiger partial charge in [0.2, 0.25) is 0 Å². The summed E-state index contributed by atoms with van der Waals surface area (Å²) >= 11 is 9.47. The lowest BCUT2D eigenvalue weighted by Crippen LogP contribution is -2.06. The SMILES string of the molecule is CC(C)Oc1ccc(C(=O)c2cccc(Br)c2Cl)cc1. The van der Waals surface area contributed by atoms with Crippen LogP contribution in [0.3, 0.4) is 0 Å². The minimum Gasteiger partial charge on any atom is -0.491 e. The Labute approximate surface area is 131 Å². The van der Waals surface area contributed by atoms with Crippen LogP contribution in [0.15, 0.2) is 46.9 Å². The van der Waals surface area contributed by atoms with E-state index in [1.807, 2.05) is 13.8 Å². The van der Waals surface area contributed by atoms with Crippen molar-refractivity contribution in [2.75, 3.05) is 0 Å². The number of ether oxygens (including phenoxy) is 1. The van der Waals surface area contributed by atoms with Gasteiger partial charge in [-0.2, -0.15) is 0 Å². The molecule has 4 heteroatoms. The molecular formula is C16H14BrClO2. The third-order valence-electron chi connectivity index (χ3n) is 2.68. The molecule has 0 amide bonds. The highest BCUT2D eigenvalue weighted by atomic mass is 79.9. The molecule has 0 atom stereocenters. The maximum absolute atomic E-state index is 12.4. The first-order valence-electron chi connectivity index (χ1n) is 6.24. The van der Waals surface area contributed by atoms with Crippen molar-refractivity contribution in [1.82, 2.24) is 0 Å². The van der Waals surface area contributed by atoms with Gasteiger partial charge in [0, 0.05) is 15.6 Å². The summed E-state index contributed by atoms with van der Waals surface area (Å²) in [6.07, 6.45) is 0.107. The molecule has 0 fully saturated rings. The summed E-state index contributed by atoms with van der Waals surface area (Å²) in [7, 11) is 0. The third kappa shape index (κ3) is 3.41. The molecule has 104 valence electrons. The lowest BCUT2D eigenvalue weighted by atomic mass is 10.0. The van der Waals surface area contributed by atoms with Crippen LogP contribution in [0.5, 0.6) is 5.75 Å². The molecule has 2 aromatic carbocycles. The molecule has 2 rings (SSSR count). The Hall–Kier alpha value is -1.32. The van der Waals surface area contributed by atoms with Crippen LogP contribution in [0.4, 0.5) is 0 Å². The number of carbonyl (C=O) groups excluding carboxylic acids is 1. The number of benzene rings is 2. The summed E-state index contributed by atoms with van der Waals surface area (Å²) in [5.41, 5.74) is 1.07. The van der Waals surface area contributed by atoms with Crippen molar-refractivity contribution in [2.24, 2.45) is 0 Å². The summed E-state index contributed by atoms with van der Waals surface area (Å²) < 4.78 is 6.27. The van der Waals surface area contributed by atoms with E-state index < -0.39 is 0 Å². The number of halogens is 2. The summed E-state index contributed by atoms with van der Waals surface area (Å²) in [4.78, 5) is 12.4. The number of hydrogen-bond donors (Lipinski definition) is 0. The molecule has 2 aromatic rings. The van der Waals surface area contributed by atoms with Gasteiger partial charge in [0.25, 0.3) is 0 Å². The van der Waals surface area contributed by atoms with Gasteiger partial charge in [0.15, 0.2) is 5.78 Å². The van der Waals surface area contributed by atoms with Gasteiger partial charge in [-0.1, -0.05) is 17.7 Å². The number of ketones is 1. The lowest BCUT2D eigenvalue weighted by Gasteiger charge is -2.10. The van der Waals surface area contributed by atoms with Crippen LogP contribution in [-0.4, -0.2) is 11.9 Å². The molecule has 0 spiro atoms. The van der Waals surface area contributed by atoms with E-state index in [0.717, 1.165) is 5.75 Å². The predicted octanol–water partition coefficient (Wildman–Crippen LogP) is 5.12. The van der Waals surface area contributed by atoms with E-state index in [2.05, 4.69) is 15.9 Å². The minimum absolute atomic E-state index is 0.104. The highest BCUT2D eigenvalue weighted by Crippen LogP contribution is 2.28. The summed E-state index contributed by atoms with van der Waals surface area (Å²) in [6.45, 7) is 3.92. The Morgan fingerprint density at radius 1 is 1.15 bits per heavy atom. The summed E-state index contributed by atoms with van der Waals surface area (Å²) in [6, 6.07) is 12.4. The first-order valence-corrected chi connectivity index (χ1v) is 7.41. The second kappa shape index (κ2) is 6.42. The molecule has 0 N–H and O–H groups in total.